The smallest absolute Gasteiger partial charge is 0.256 e. The van der Waals surface area contributed by atoms with Gasteiger partial charge in [-0.3, -0.25) is 4.79 Å². The van der Waals surface area contributed by atoms with Gasteiger partial charge in [0.05, 0.1) is 11.7 Å². The summed E-state index contributed by atoms with van der Waals surface area (Å²) in [5.41, 5.74) is 0.745. The van der Waals surface area contributed by atoms with Gasteiger partial charge in [0, 0.05) is 31.9 Å². The molecule has 3 fully saturated rings. The highest BCUT2D eigenvalue weighted by atomic mass is 32.2. The first kappa shape index (κ1) is 19.2. The number of carbonyl (C=O) groups is 1. The molecule has 1 aliphatic heterocycles. The first-order chi connectivity index (χ1) is 13.1. The SMILES string of the molecule is CSc1ncccc1C(=O)N1C[C@H]2C[C@@H](N(C)C)[C@H](OCC3CC3)C[C@H]2C1. The van der Waals surface area contributed by atoms with Crippen molar-refractivity contribution in [1.29, 1.82) is 0 Å². The van der Waals surface area contributed by atoms with E-state index in [1.165, 1.54) is 12.8 Å². The number of pyridine rings is 1. The van der Waals surface area contributed by atoms with Gasteiger partial charge < -0.3 is 14.5 Å². The van der Waals surface area contributed by atoms with E-state index < -0.39 is 0 Å². The molecule has 1 aromatic rings. The van der Waals surface area contributed by atoms with Gasteiger partial charge in [0.15, 0.2) is 0 Å². The number of fused-ring (bicyclic) bond motifs is 1. The number of aromatic nitrogens is 1. The largest absolute Gasteiger partial charge is 0.376 e. The second-order valence-corrected chi connectivity index (χ2v) is 9.40. The Morgan fingerprint density at radius 1 is 1.30 bits per heavy atom. The Balaban J connectivity index is 1.44. The van der Waals surface area contributed by atoms with Crippen molar-refractivity contribution in [3.05, 3.63) is 23.9 Å². The van der Waals surface area contributed by atoms with Crippen LogP contribution in [0.1, 0.15) is 36.0 Å². The minimum atomic E-state index is 0.138. The highest BCUT2D eigenvalue weighted by Crippen LogP contribution is 2.40. The molecule has 0 N–H and O–H groups in total. The van der Waals surface area contributed by atoms with E-state index in [0.29, 0.717) is 24.0 Å². The van der Waals surface area contributed by atoms with Crippen LogP contribution in [-0.4, -0.2) is 72.9 Å². The molecular formula is C21H31N3O2S. The lowest BCUT2D eigenvalue weighted by atomic mass is 9.77. The molecule has 0 aromatic carbocycles. The van der Waals surface area contributed by atoms with Gasteiger partial charge in [-0.25, -0.2) is 4.98 Å². The predicted molar refractivity (Wildman–Crippen MR) is 108 cm³/mol. The average molecular weight is 390 g/mol. The van der Waals surface area contributed by atoms with Crippen molar-refractivity contribution in [1.82, 2.24) is 14.8 Å². The van der Waals surface area contributed by atoms with Crippen molar-refractivity contribution in [2.75, 3.05) is 40.0 Å². The van der Waals surface area contributed by atoms with E-state index in [2.05, 4.69) is 28.9 Å². The lowest BCUT2D eigenvalue weighted by Crippen LogP contribution is -2.48. The Morgan fingerprint density at radius 3 is 2.70 bits per heavy atom. The van der Waals surface area contributed by atoms with Gasteiger partial charge in [-0.15, -0.1) is 11.8 Å². The predicted octanol–water partition coefficient (Wildman–Crippen LogP) is 3.01. The fraction of sp³-hybridized carbons (Fsp3) is 0.714. The van der Waals surface area contributed by atoms with Gasteiger partial charge >= 0.3 is 0 Å². The Kier molecular flexibility index (Phi) is 5.76. The first-order valence-electron chi connectivity index (χ1n) is 10.1. The number of ether oxygens (including phenoxy) is 1. The molecule has 148 valence electrons. The van der Waals surface area contributed by atoms with Crippen LogP contribution in [0.4, 0.5) is 0 Å². The fourth-order valence-corrected chi connectivity index (χ4v) is 5.25. The Bertz CT molecular complexity index is 679. The molecule has 0 bridgehead atoms. The van der Waals surface area contributed by atoms with Gasteiger partial charge in [0.25, 0.3) is 5.91 Å². The molecule has 1 amide bonds. The van der Waals surface area contributed by atoms with Crippen LogP contribution in [0.25, 0.3) is 0 Å². The molecule has 2 saturated carbocycles. The summed E-state index contributed by atoms with van der Waals surface area (Å²) in [5, 5.41) is 0.828. The zero-order valence-electron chi connectivity index (χ0n) is 16.6. The zero-order chi connectivity index (χ0) is 19.0. The molecule has 5 nitrogen and oxygen atoms in total. The standard InChI is InChI=1S/C21H31N3O2S/c1-23(2)18-9-15-11-24(21(25)17-5-4-8-22-20(17)27-3)12-16(15)10-19(18)26-13-14-6-7-14/h4-5,8,14-16,18-19H,6-7,9-13H2,1-3H3/t15-,16+,18-,19-/m1/s1. The second-order valence-electron chi connectivity index (χ2n) is 8.61. The molecule has 1 saturated heterocycles. The molecule has 2 aliphatic carbocycles. The summed E-state index contributed by atoms with van der Waals surface area (Å²) in [6.07, 6.45) is 8.90. The Morgan fingerprint density at radius 2 is 2.04 bits per heavy atom. The molecule has 0 radical (unpaired) electrons. The van der Waals surface area contributed by atoms with Crippen molar-refractivity contribution >= 4 is 17.7 Å². The van der Waals surface area contributed by atoms with Crippen LogP contribution in [0.2, 0.25) is 0 Å². The van der Waals surface area contributed by atoms with Crippen LogP contribution in [0.3, 0.4) is 0 Å². The van der Waals surface area contributed by atoms with Gasteiger partial charge in [-0.1, -0.05) is 0 Å². The fourth-order valence-electron chi connectivity index (χ4n) is 4.71. The highest BCUT2D eigenvalue weighted by molar-refractivity contribution is 7.98. The van der Waals surface area contributed by atoms with E-state index in [9.17, 15) is 4.79 Å². The molecule has 0 unspecified atom stereocenters. The molecule has 4 atom stereocenters. The number of rotatable bonds is 6. The summed E-state index contributed by atoms with van der Waals surface area (Å²) in [5.74, 6) is 2.07. The third-order valence-electron chi connectivity index (χ3n) is 6.47. The lowest BCUT2D eigenvalue weighted by Gasteiger charge is -2.41. The maximum atomic E-state index is 13.1. The number of likely N-dealkylation sites (tertiary alicyclic amines) is 1. The lowest BCUT2D eigenvalue weighted by molar-refractivity contribution is -0.0493. The summed E-state index contributed by atoms with van der Waals surface area (Å²) in [4.78, 5) is 21.9. The summed E-state index contributed by atoms with van der Waals surface area (Å²) in [6.45, 7) is 2.64. The van der Waals surface area contributed by atoms with Crippen molar-refractivity contribution in [2.45, 2.75) is 42.9 Å². The van der Waals surface area contributed by atoms with E-state index in [0.717, 1.165) is 49.0 Å². The normalized spacial score (nSPS) is 30.6. The molecule has 6 heteroatoms. The highest BCUT2D eigenvalue weighted by Gasteiger charge is 2.45. The van der Waals surface area contributed by atoms with E-state index in [4.69, 9.17) is 4.74 Å². The van der Waals surface area contributed by atoms with Crippen molar-refractivity contribution in [3.8, 4) is 0 Å². The van der Waals surface area contributed by atoms with E-state index >= 15 is 0 Å². The monoisotopic (exact) mass is 389 g/mol. The minimum absolute atomic E-state index is 0.138. The van der Waals surface area contributed by atoms with E-state index in [-0.39, 0.29) is 5.91 Å². The summed E-state index contributed by atoms with van der Waals surface area (Å²) < 4.78 is 6.35. The topological polar surface area (TPSA) is 45.7 Å². The second kappa shape index (κ2) is 8.10. The average Bonchev–Trinajstić information content (AvgIpc) is 3.42. The number of nitrogens with zero attached hydrogens (tertiary/aromatic N) is 3. The van der Waals surface area contributed by atoms with Crippen LogP contribution in [-0.2, 0) is 4.74 Å². The first-order valence-corrected chi connectivity index (χ1v) is 11.4. The number of hydrogen-bond donors (Lipinski definition) is 0. The molecule has 4 rings (SSSR count). The third-order valence-corrected chi connectivity index (χ3v) is 7.19. The van der Waals surface area contributed by atoms with Gasteiger partial charge in [-0.2, -0.15) is 0 Å². The molecule has 1 aromatic heterocycles. The summed E-state index contributed by atoms with van der Waals surface area (Å²) in [6, 6.07) is 4.23. The van der Waals surface area contributed by atoms with Crippen LogP contribution >= 0.6 is 11.8 Å². The van der Waals surface area contributed by atoms with Crippen molar-refractivity contribution < 1.29 is 9.53 Å². The zero-order valence-corrected chi connectivity index (χ0v) is 17.5. The molecule has 27 heavy (non-hydrogen) atoms. The third kappa shape index (κ3) is 4.17. The Labute approximate surface area is 166 Å². The maximum absolute atomic E-state index is 13.1. The van der Waals surface area contributed by atoms with Crippen LogP contribution in [0.15, 0.2) is 23.4 Å². The van der Waals surface area contributed by atoms with Gasteiger partial charge in [-0.05, 0) is 75.9 Å². The van der Waals surface area contributed by atoms with Gasteiger partial charge in [0.1, 0.15) is 5.03 Å². The number of carbonyl (C=O) groups excluding carboxylic acids is 1. The Hall–Kier alpha value is -1.11. The number of thioether (sulfide) groups is 1. The molecule has 0 spiro atoms. The molecule has 3 aliphatic rings. The van der Waals surface area contributed by atoms with Crippen LogP contribution < -0.4 is 0 Å². The summed E-state index contributed by atoms with van der Waals surface area (Å²) in [7, 11) is 4.33. The molecular weight excluding hydrogens is 358 g/mol. The minimum Gasteiger partial charge on any atom is -0.376 e. The molecule has 2 heterocycles. The van der Waals surface area contributed by atoms with Crippen LogP contribution in [0, 0.1) is 17.8 Å². The quantitative estimate of drug-likeness (QED) is 0.700. The van der Waals surface area contributed by atoms with Crippen molar-refractivity contribution in [2.24, 2.45) is 17.8 Å². The maximum Gasteiger partial charge on any atom is 0.256 e. The van der Waals surface area contributed by atoms with Crippen LogP contribution in [0.5, 0.6) is 0 Å². The number of likely N-dealkylation sites (N-methyl/N-ethyl adjacent to an activating group) is 1. The van der Waals surface area contributed by atoms with Crippen molar-refractivity contribution in [3.63, 3.8) is 0 Å². The van der Waals surface area contributed by atoms with E-state index in [1.54, 1.807) is 18.0 Å². The van der Waals surface area contributed by atoms with Gasteiger partial charge in [0.2, 0.25) is 0 Å². The number of hydrogen-bond acceptors (Lipinski definition) is 5. The summed E-state index contributed by atoms with van der Waals surface area (Å²) >= 11 is 1.54. The number of amides is 1. The van der Waals surface area contributed by atoms with E-state index in [1.807, 2.05) is 18.4 Å².